The maximum atomic E-state index is 14.5. The number of furan rings is 1. The summed E-state index contributed by atoms with van der Waals surface area (Å²) in [5, 5.41) is 14.2. The molecule has 0 fully saturated rings. The number of amides is 1. The van der Waals surface area contributed by atoms with Gasteiger partial charge in [-0.1, -0.05) is 12.1 Å². The van der Waals surface area contributed by atoms with Crippen LogP contribution in [0.15, 0.2) is 40.8 Å². The summed E-state index contributed by atoms with van der Waals surface area (Å²) in [4.78, 5) is 14.8. The van der Waals surface area contributed by atoms with Crippen molar-refractivity contribution in [2.75, 3.05) is 25.5 Å². The van der Waals surface area contributed by atoms with Crippen LogP contribution >= 0.6 is 0 Å². The molecule has 0 saturated carbocycles. The van der Waals surface area contributed by atoms with Crippen LogP contribution in [-0.4, -0.2) is 31.7 Å². The Hall–Kier alpha value is -2.86. The first-order valence-electron chi connectivity index (χ1n) is 9.35. The Morgan fingerprint density at radius 2 is 2.07 bits per heavy atom. The Balaban J connectivity index is 2.06. The van der Waals surface area contributed by atoms with E-state index in [0.717, 1.165) is 24.2 Å². The first-order valence-corrected chi connectivity index (χ1v) is 9.35. The molecule has 0 spiro atoms. The molecule has 2 aromatic carbocycles. The third kappa shape index (κ3) is 2.85. The number of benzene rings is 2. The van der Waals surface area contributed by atoms with Gasteiger partial charge in [0.25, 0.3) is 5.91 Å². The van der Waals surface area contributed by atoms with Crippen LogP contribution in [0.25, 0.3) is 22.3 Å². The zero-order valence-corrected chi connectivity index (χ0v) is 16.2. The lowest BCUT2D eigenvalue weighted by atomic mass is 9.89. The molecule has 146 valence electrons. The second-order valence-corrected chi connectivity index (χ2v) is 7.53. The molecule has 1 amide bonds. The molecule has 1 aliphatic heterocycles. The molecule has 0 bridgehead atoms. The van der Waals surface area contributed by atoms with E-state index in [1.807, 2.05) is 19.2 Å². The van der Waals surface area contributed by atoms with Crippen molar-refractivity contribution in [3.8, 4) is 11.3 Å². The molecule has 2 N–H and O–H groups in total. The predicted molar refractivity (Wildman–Crippen MR) is 107 cm³/mol. The summed E-state index contributed by atoms with van der Waals surface area (Å²) in [7, 11) is 3.49. The van der Waals surface area contributed by atoms with Gasteiger partial charge in [0.2, 0.25) is 0 Å². The van der Waals surface area contributed by atoms with Crippen LogP contribution in [0.2, 0.25) is 0 Å². The average molecular weight is 382 g/mol. The van der Waals surface area contributed by atoms with Crippen molar-refractivity contribution in [3.05, 3.63) is 53.3 Å². The van der Waals surface area contributed by atoms with E-state index in [4.69, 9.17) is 4.42 Å². The quantitative estimate of drug-likeness (QED) is 0.702. The zero-order valence-electron chi connectivity index (χ0n) is 16.2. The summed E-state index contributed by atoms with van der Waals surface area (Å²) >= 11 is 0. The topological polar surface area (TPSA) is 65.7 Å². The second-order valence-electron chi connectivity index (χ2n) is 7.53. The fourth-order valence-electron chi connectivity index (χ4n) is 3.98. The van der Waals surface area contributed by atoms with E-state index in [-0.39, 0.29) is 22.8 Å². The third-order valence-electron chi connectivity index (χ3n) is 5.53. The van der Waals surface area contributed by atoms with Crippen LogP contribution in [0.3, 0.4) is 0 Å². The van der Waals surface area contributed by atoms with Gasteiger partial charge in [-0.15, -0.1) is 0 Å². The summed E-state index contributed by atoms with van der Waals surface area (Å²) < 4.78 is 20.5. The van der Waals surface area contributed by atoms with E-state index < -0.39 is 11.4 Å². The monoisotopic (exact) mass is 382 g/mol. The van der Waals surface area contributed by atoms with E-state index in [0.29, 0.717) is 17.4 Å². The first kappa shape index (κ1) is 18.5. The average Bonchev–Trinajstić information content (AvgIpc) is 2.99. The van der Waals surface area contributed by atoms with Crippen LogP contribution in [0.1, 0.15) is 35.7 Å². The molecule has 5 nitrogen and oxygen atoms in total. The molecule has 0 saturated heterocycles. The normalized spacial score (nSPS) is 19.4. The van der Waals surface area contributed by atoms with Gasteiger partial charge in [-0.25, -0.2) is 4.39 Å². The van der Waals surface area contributed by atoms with E-state index in [1.165, 1.54) is 13.1 Å². The highest BCUT2D eigenvalue weighted by atomic mass is 19.1. The smallest absolute Gasteiger partial charge is 0.255 e. The Kier molecular flexibility index (Phi) is 4.38. The summed E-state index contributed by atoms with van der Waals surface area (Å²) in [5.74, 6) is -0.633. The highest BCUT2D eigenvalue weighted by molar-refractivity contribution is 6.11. The molecule has 1 aliphatic rings. The van der Waals surface area contributed by atoms with Gasteiger partial charge >= 0.3 is 0 Å². The maximum Gasteiger partial charge on any atom is 0.255 e. The summed E-state index contributed by atoms with van der Waals surface area (Å²) in [6.07, 6.45) is 1.46. The molecule has 1 atom stereocenters. The minimum absolute atomic E-state index is 0.190. The number of carbonyl (C=O) groups excluding carboxylic acids is 1. The molecule has 28 heavy (non-hydrogen) atoms. The van der Waals surface area contributed by atoms with E-state index in [9.17, 15) is 14.3 Å². The van der Waals surface area contributed by atoms with Crippen molar-refractivity contribution in [3.63, 3.8) is 0 Å². The molecular formula is C22H23FN2O3. The molecule has 3 aromatic rings. The lowest BCUT2D eigenvalue weighted by Crippen LogP contribution is -2.22. The standard InChI is InChI=1S/C22H23FN2O3/c1-22(27)9-6-10-25(3)17-12-18-14(11-15(17)22)19(21(26)24-2)20(28-18)13-7-4-5-8-16(13)23/h4-5,7-8,11-12,27H,6,9-10H2,1-3H3,(H,24,26). The van der Waals surface area contributed by atoms with Gasteiger partial charge in [-0.05, 0) is 38.0 Å². The number of fused-ring (bicyclic) bond motifs is 2. The van der Waals surface area contributed by atoms with Gasteiger partial charge < -0.3 is 19.7 Å². The number of halogens is 1. The molecular weight excluding hydrogens is 359 g/mol. The molecule has 1 unspecified atom stereocenters. The van der Waals surface area contributed by atoms with Gasteiger partial charge in [-0.2, -0.15) is 0 Å². The number of hydrogen-bond acceptors (Lipinski definition) is 4. The lowest BCUT2D eigenvalue weighted by Gasteiger charge is -2.25. The van der Waals surface area contributed by atoms with Gasteiger partial charge in [0.15, 0.2) is 5.76 Å². The van der Waals surface area contributed by atoms with Crippen molar-refractivity contribution >= 4 is 22.6 Å². The van der Waals surface area contributed by atoms with Crippen molar-refractivity contribution in [2.45, 2.75) is 25.4 Å². The first-order chi connectivity index (χ1) is 13.3. The Labute approximate surface area is 162 Å². The van der Waals surface area contributed by atoms with Crippen molar-refractivity contribution in [1.82, 2.24) is 5.32 Å². The summed E-state index contributed by atoms with van der Waals surface area (Å²) in [6, 6.07) is 9.87. The molecule has 0 radical (unpaired) electrons. The van der Waals surface area contributed by atoms with Crippen LogP contribution in [-0.2, 0) is 5.60 Å². The number of aliphatic hydroxyl groups is 1. The fraction of sp³-hybridized carbons (Fsp3) is 0.318. The van der Waals surface area contributed by atoms with Crippen LogP contribution in [0.4, 0.5) is 10.1 Å². The third-order valence-corrected chi connectivity index (χ3v) is 5.53. The number of hydrogen-bond donors (Lipinski definition) is 2. The van der Waals surface area contributed by atoms with E-state index in [2.05, 4.69) is 10.2 Å². The molecule has 0 aliphatic carbocycles. The molecule has 2 heterocycles. The number of nitrogens with zero attached hydrogens (tertiary/aromatic N) is 1. The van der Waals surface area contributed by atoms with Gasteiger partial charge in [0.05, 0.1) is 16.7 Å². The van der Waals surface area contributed by atoms with E-state index in [1.54, 1.807) is 25.1 Å². The molecule has 4 rings (SSSR count). The molecule has 6 heteroatoms. The fourth-order valence-corrected chi connectivity index (χ4v) is 3.98. The number of carbonyl (C=O) groups is 1. The molecule has 1 aromatic heterocycles. The lowest BCUT2D eigenvalue weighted by molar-refractivity contribution is 0.0490. The summed E-state index contributed by atoms with van der Waals surface area (Å²) in [5.41, 5.74) is 1.56. The van der Waals surface area contributed by atoms with Gasteiger partial charge in [0.1, 0.15) is 11.4 Å². The Bertz CT molecular complexity index is 1070. The minimum atomic E-state index is -1.02. The van der Waals surface area contributed by atoms with Crippen LogP contribution in [0, 0.1) is 5.82 Å². The van der Waals surface area contributed by atoms with Crippen LogP contribution < -0.4 is 10.2 Å². The highest BCUT2D eigenvalue weighted by Crippen LogP contribution is 2.43. The van der Waals surface area contributed by atoms with Gasteiger partial charge in [-0.3, -0.25) is 4.79 Å². The highest BCUT2D eigenvalue weighted by Gasteiger charge is 2.33. The Morgan fingerprint density at radius 3 is 2.79 bits per heavy atom. The number of rotatable bonds is 2. The Morgan fingerprint density at radius 1 is 1.32 bits per heavy atom. The number of nitrogens with one attached hydrogen (secondary N) is 1. The second kappa shape index (κ2) is 6.63. The predicted octanol–water partition coefficient (Wildman–Crippen LogP) is 4.04. The zero-order chi connectivity index (χ0) is 20.1. The van der Waals surface area contributed by atoms with E-state index >= 15 is 0 Å². The van der Waals surface area contributed by atoms with Crippen molar-refractivity contribution in [1.29, 1.82) is 0 Å². The van der Waals surface area contributed by atoms with Crippen LogP contribution in [0.5, 0.6) is 0 Å². The van der Waals surface area contributed by atoms with Gasteiger partial charge in [0, 0.05) is 43.3 Å². The maximum absolute atomic E-state index is 14.5. The largest absolute Gasteiger partial charge is 0.455 e. The number of anilines is 1. The summed E-state index contributed by atoms with van der Waals surface area (Å²) in [6.45, 7) is 2.59. The van der Waals surface area contributed by atoms with Crippen molar-refractivity contribution in [2.24, 2.45) is 0 Å². The van der Waals surface area contributed by atoms with Crippen molar-refractivity contribution < 1.29 is 18.7 Å². The minimum Gasteiger partial charge on any atom is -0.455 e. The SMILES string of the molecule is CNC(=O)c1c(-c2ccccc2F)oc2cc3c(cc12)C(C)(O)CCCN3C.